The molecule has 6 rings (SSSR count). The Bertz CT molecular complexity index is 2050. The highest BCUT2D eigenvalue weighted by atomic mass is 32.2. The van der Waals surface area contributed by atoms with E-state index in [-0.39, 0.29) is 54.4 Å². The Morgan fingerprint density at radius 3 is 2.11 bits per heavy atom. The third-order valence-corrected chi connectivity index (χ3v) is 11.8. The topological polar surface area (TPSA) is 140 Å². The number of nitrogens with zero attached hydrogens (tertiary/aromatic N) is 3. The van der Waals surface area contributed by atoms with E-state index in [9.17, 15) is 27.1 Å². The van der Waals surface area contributed by atoms with E-state index in [0.717, 1.165) is 34.5 Å². The summed E-state index contributed by atoms with van der Waals surface area (Å²) in [4.78, 5) is 21.3. The van der Waals surface area contributed by atoms with Gasteiger partial charge in [0, 0.05) is 36.9 Å². The van der Waals surface area contributed by atoms with Crippen LogP contribution in [0, 0.1) is 11.6 Å². The van der Waals surface area contributed by atoms with Gasteiger partial charge >= 0.3 is 16.3 Å². The van der Waals surface area contributed by atoms with Gasteiger partial charge in [-0.3, -0.25) is 0 Å². The summed E-state index contributed by atoms with van der Waals surface area (Å²) in [6.45, 7) is 2.03. The second-order valence-corrected chi connectivity index (χ2v) is 15.5. The molecule has 2 atom stereocenters. The number of carboxylic acid groups (broad SMARTS) is 1. The number of hydrogen-bond donors (Lipinski definition) is 3. The molecule has 0 saturated carbocycles. The Kier molecular flexibility index (Phi) is 12.2. The number of thioether (sulfide) groups is 1. The van der Waals surface area contributed by atoms with Crippen molar-refractivity contribution in [3.63, 3.8) is 0 Å². The summed E-state index contributed by atoms with van der Waals surface area (Å²) < 4.78 is 70.4. The van der Waals surface area contributed by atoms with Crippen LogP contribution in [0.25, 0.3) is 0 Å². The first-order valence-corrected chi connectivity index (χ1v) is 19.7. The van der Waals surface area contributed by atoms with Crippen molar-refractivity contribution in [1.82, 2.24) is 15.3 Å². The average molecular weight is 777 g/mol. The summed E-state index contributed by atoms with van der Waals surface area (Å²) in [7, 11) is -4.62. The maximum absolute atomic E-state index is 14.5. The van der Waals surface area contributed by atoms with Crippen LogP contribution in [0.3, 0.4) is 0 Å². The molecular weight excluding hydrogens is 737 g/mol. The zero-order chi connectivity index (χ0) is 38.2. The maximum atomic E-state index is 14.5. The molecule has 1 aliphatic heterocycles. The van der Waals surface area contributed by atoms with Gasteiger partial charge in [-0.25, -0.2) is 18.5 Å². The van der Waals surface area contributed by atoms with E-state index in [1.54, 1.807) is 6.92 Å². The van der Waals surface area contributed by atoms with Gasteiger partial charge in [-0.05, 0) is 29.7 Å². The van der Waals surface area contributed by atoms with Crippen molar-refractivity contribution in [2.24, 2.45) is 0 Å². The van der Waals surface area contributed by atoms with Crippen LogP contribution in [-0.4, -0.2) is 72.4 Å². The minimum Gasteiger partial charge on any atom is -0.472 e. The first-order chi connectivity index (χ1) is 26.0. The normalized spacial score (nSPS) is 16.9. The van der Waals surface area contributed by atoms with Gasteiger partial charge in [0.25, 0.3) is 0 Å². The molecule has 0 bridgehead atoms. The molecule has 1 aliphatic rings. The van der Waals surface area contributed by atoms with E-state index >= 15 is 0 Å². The van der Waals surface area contributed by atoms with E-state index in [1.165, 1.54) is 18.2 Å². The first kappa shape index (κ1) is 38.8. The van der Waals surface area contributed by atoms with Crippen LogP contribution in [0.1, 0.15) is 35.6 Å². The standard InChI is InChI=1S/C39H39F2N5O6S2/c1-28(26-51-39(30-14-5-2-6-15-30,31-16-7-3-8-17-31)32-18-9-4-10-19-32)52-35-25-34(43-37(44-35)53-27-29-13-11-20-33(40)36(29)41)45-54(49,50)46(38(47)48)23-12-21-42-22-24-46/h2-11,13-20,25,28,42H,12,21-24,26-27H2,1H3,(H-,43,44,45,47,48)/p+1/t28-,46?/m1/s1. The largest absolute Gasteiger partial charge is 0.530 e. The second kappa shape index (κ2) is 17.0. The predicted octanol–water partition coefficient (Wildman–Crippen LogP) is 6.97. The van der Waals surface area contributed by atoms with Crippen molar-refractivity contribution < 1.29 is 40.5 Å². The quantitative estimate of drug-likeness (QED) is 0.0469. The smallest absolute Gasteiger partial charge is 0.472 e. The number of aromatic nitrogens is 2. The van der Waals surface area contributed by atoms with Crippen LogP contribution in [0.5, 0.6) is 5.88 Å². The lowest BCUT2D eigenvalue weighted by Crippen LogP contribution is -2.60. The van der Waals surface area contributed by atoms with Crippen LogP contribution in [0.2, 0.25) is 0 Å². The first-order valence-electron chi connectivity index (χ1n) is 17.3. The molecule has 0 radical (unpaired) electrons. The molecule has 1 aromatic heterocycles. The van der Waals surface area contributed by atoms with Crippen molar-refractivity contribution in [2.45, 2.75) is 36.0 Å². The number of rotatable bonds is 14. The van der Waals surface area contributed by atoms with E-state index in [0.29, 0.717) is 13.0 Å². The lowest BCUT2D eigenvalue weighted by atomic mass is 9.80. The molecule has 1 amide bonds. The molecule has 5 aromatic rings. The Hall–Kier alpha value is -4.93. The summed E-state index contributed by atoms with van der Waals surface area (Å²) >= 11 is 0.925. The molecule has 1 unspecified atom stereocenters. The van der Waals surface area contributed by atoms with E-state index in [4.69, 9.17) is 9.47 Å². The van der Waals surface area contributed by atoms with Gasteiger partial charge in [-0.1, -0.05) is 119 Å². The van der Waals surface area contributed by atoms with Gasteiger partial charge in [0.1, 0.15) is 24.8 Å². The minimum atomic E-state index is -4.62. The van der Waals surface area contributed by atoms with Crippen LogP contribution in [0.15, 0.2) is 120 Å². The number of benzene rings is 4. The Morgan fingerprint density at radius 2 is 1.52 bits per heavy atom. The van der Waals surface area contributed by atoms with Crippen molar-refractivity contribution in [3.05, 3.63) is 149 Å². The van der Waals surface area contributed by atoms with Gasteiger partial charge in [0.2, 0.25) is 5.88 Å². The number of anilines is 1. The molecule has 2 heterocycles. The molecule has 3 N–H and O–H groups in total. The number of hydrogen-bond acceptors (Lipinski definition) is 9. The third-order valence-electron chi connectivity index (χ3n) is 9.03. The second-order valence-electron chi connectivity index (χ2n) is 12.7. The molecule has 15 heteroatoms. The molecule has 0 spiro atoms. The summed E-state index contributed by atoms with van der Waals surface area (Å²) in [5.41, 5.74) is 1.66. The van der Waals surface area contributed by atoms with Gasteiger partial charge in [-0.2, -0.15) is 18.2 Å². The predicted molar refractivity (Wildman–Crippen MR) is 201 cm³/mol. The number of halogens is 2. The van der Waals surface area contributed by atoms with Gasteiger partial charge in [0.15, 0.2) is 22.6 Å². The average Bonchev–Trinajstić information content (AvgIpc) is 3.45. The third kappa shape index (κ3) is 8.40. The van der Waals surface area contributed by atoms with Crippen LogP contribution in [0.4, 0.5) is 19.4 Å². The molecule has 1 fully saturated rings. The SMILES string of the molecule is C[C@H](COC(c1ccccc1)(c1ccccc1)c1ccccc1)Oc1cc(NS(=O)(=O)[N+]2(C(=O)O)CCCNCC2)nc(SCc2cccc(F)c2F)n1. The number of quaternary nitrogens is 1. The minimum absolute atomic E-state index is 0.0198. The van der Waals surface area contributed by atoms with Gasteiger partial charge < -0.3 is 19.9 Å². The fourth-order valence-corrected chi connectivity index (χ4v) is 8.62. The lowest BCUT2D eigenvalue weighted by Gasteiger charge is -2.36. The lowest BCUT2D eigenvalue weighted by molar-refractivity contribution is -0.727. The molecular formula is C39H40F2N5O6S2+. The van der Waals surface area contributed by atoms with Crippen LogP contribution < -0.4 is 14.8 Å². The Balaban J connectivity index is 1.32. The number of carbonyl (C=O) groups is 1. The number of nitrogens with one attached hydrogen (secondary N) is 2. The number of amides is 1. The summed E-state index contributed by atoms with van der Waals surface area (Å²) in [5.74, 6) is -2.43. The highest BCUT2D eigenvalue weighted by Crippen LogP contribution is 2.40. The van der Waals surface area contributed by atoms with Crippen molar-refractivity contribution in [3.8, 4) is 5.88 Å². The fourth-order valence-electron chi connectivity index (χ4n) is 6.34. The fraction of sp³-hybridized carbons (Fsp3) is 0.256. The molecule has 1 saturated heterocycles. The van der Waals surface area contributed by atoms with E-state index in [2.05, 4.69) is 20.0 Å². The zero-order valence-electron chi connectivity index (χ0n) is 29.4. The zero-order valence-corrected chi connectivity index (χ0v) is 31.0. The van der Waals surface area contributed by atoms with Crippen molar-refractivity contribution in [1.29, 1.82) is 0 Å². The molecule has 11 nitrogen and oxygen atoms in total. The highest BCUT2D eigenvalue weighted by molar-refractivity contribution is 7.98. The Morgan fingerprint density at radius 1 is 0.907 bits per heavy atom. The maximum Gasteiger partial charge on any atom is 0.530 e. The van der Waals surface area contributed by atoms with Crippen molar-refractivity contribution in [2.75, 3.05) is 37.5 Å². The van der Waals surface area contributed by atoms with E-state index < -0.39 is 43.5 Å². The van der Waals surface area contributed by atoms with E-state index in [1.807, 2.05) is 91.0 Å². The van der Waals surface area contributed by atoms with Gasteiger partial charge in [0.05, 0.1) is 6.61 Å². The molecule has 4 aromatic carbocycles. The highest BCUT2D eigenvalue weighted by Gasteiger charge is 2.50. The molecule has 54 heavy (non-hydrogen) atoms. The molecule has 282 valence electrons. The van der Waals surface area contributed by atoms with Crippen LogP contribution >= 0.6 is 11.8 Å². The van der Waals surface area contributed by atoms with Crippen LogP contribution in [-0.2, 0) is 26.3 Å². The molecule has 0 aliphatic carbocycles. The summed E-state index contributed by atoms with van der Waals surface area (Å²) in [5, 5.41) is 13.2. The Labute approximate surface area is 317 Å². The monoisotopic (exact) mass is 776 g/mol. The summed E-state index contributed by atoms with van der Waals surface area (Å²) in [6.07, 6.45) is -1.90. The van der Waals surface area contributed by atoms with Gasteiger partial charge in [-0.15, -0.1) is 0 Å². The summed E-state index contributed by atoms with van der Waals surface area (Å²) in [6, 6.07) is 34.4. The van der Waals surface area contributed by atoms with Crippen molar-refractivity contribution >= 4 is 33.9 Å². The number of ether oxygens (including phenoxy) is 2.